The first-order valence-electron chi connectivity index (χ1n) is 6.72. The van der Waals surface area contributed by atoms with E-state index in [1.54, 1.807) is 24.5 Å². The molecule has 112 valence electrons. The van der Waals surface area contributed by atoms with Gasteiger partial charge in [-0.25, -0.2) is 4.39 Å². The first-order valence-corrected chi connectivity index (χ1v) is 6.72. The molecule has 0 aliphatic carbocycles. The number of aromatic nitrogens is 1. The fourth-order valence-electron chi connectivity index (χ4n) is 2.00. The van der Waals surface area contributed by atoms with Crippen LogP contribution >= 0.6 is 0 Å². The summed E-state index contributed by atoms with van der Waals surface area (Å²) in [7, 11) is 1.42. The Balaban J connectivity index is 2.29. The smallest absolute Gasteiger partial charge is 0.165 e. The molecule has 0 spiro atoms. The third kappa shape index (κ3) is 3.70. The predicted octanol–water partition coefficient (Wildman–Crippen LogP) is 3.06. The highest BCUT2D eigenvalue weighted by molar-refractivity contribution is 5.38. The van der Waals surface area contributed by atoms with Gasteiger partial charge in [-0.15, -0.1) is 0 Å². The number of hydrogen-bond acceptors (Lipinski definition) is 4. The molecule has 2 rings (SSSR count). The Morgan fingerprint density at radius 2 is 1.90 bits per heavy atom. The highest BCUT2D eigenvalue weighted by Crippen LogP contribution is 2.26. The summed E-state index contributed by atoms with van der Waals surface area (Å²) in [6.07, 6.45) is 3.37. The molecule has 1 aromatic heterocycles. The summed E-state index contributed by atoms with van der Waals surface area (Å²) in [4.78, 5) is 4.13. The molecule has 2 aromatic rings. The Hall–Kier alpha value is -2.14. The second-order valence-corrected chi connectivity index (χ2v) is 4.99. The summed E-state index contributed by atoms with van der Waals surface area (Å²) in [5.41, 5.74) is 7.76. The Kier molecular flexibility index (Phi) is 4.75. The van der Waals surface area contributed by atoms with Crippen LogP contribution in [0.2, 0.25) is 0 Å². The van der Waals surface area contributed by atoms with Crippen LogP contribution in [0.15, 0.2) is 36.7 Å². The minimum atomic E-state index is -0.428. The standard InChI is InChI=1S/C16H19FN2O2/c1-10(2)21-13-6-12(8-19-9-13)16(18)11-4-5-14(17)15(7-11)20-3/h4-10,16H,18H2,1-3H3. The third-order valence-electron chi connectivity index (χ3n) is 3.00. The quantitative estimate of drug-likeness (QED) is 0.919. The molecular weight excluding hydrogens is 271 g/mol. The molecule has 0 saturated carbocycles. The molecule has 1 unspecified atom stereocenters. The lowest BCUT2D eigenvalue weighted by atomic mass is 10.0. The van der Waals surface area contributed by atoms with Crippen molar-refractivity contribution in [1.29, 1.82) is 0 Å². The van der Waals surface area contributed by atoms with Crippen molar-refractivity contribution in [2.45, 2.75) is 26.0 Å². The van der Waals surface area contributed by atoms with E-state index >= 15 is 0 Å². The molecule has 0 aliphatic rings. The van der Waals surface area contributed by atoms with Crippen LogP contribution in [0.25, 0.3) is 0 Å². The minimum absolute atomic E-state index is 0.0594. The zero-order valence-electron chi connectivity index (χ0n) is 12.3. The van der Waals surface area contributed by atoms with Crippen LogP contribution in [-0.2, 0) is 0 Å². The van der Waals surface area contributed by atoms with Gasteiger partial charge >= 0.3 is 0 Å². The van der Waals surface area contributed by atoms with E-state index in [-0.39, 0.29) is 11.9 Å². The molecule has 1 aromatic carbocycles. The molecule has 1 heterocycles. The number of hydrogen-bond donors (Lipinski definition) is 1. The van der Waals surface area contributed by atoms with Gasteiger partial charge < -0.3 is 15.2 Å². The largest absolute Gasteiger partial charge is 0.494 e. The van der Waals surface area contributed by atoms with Crippen LogP contribution in [0, 0.1) is 5.82 Å². The van der Waals surface area contributed by atoms with E-state index in [4.69, 9.17) is 15.2 Å². The Morgan fingerprint density at radius 3 is 2.57 bits per heavy atom. The molecule has 0 fully saturated rings. The summed E-state index contributed by atoms with van der Waals surface area (Å²) in [5, 5.41) is 0. The van der Waals surface area contributed by atoms with Gasteiger partial charge in [-0.3, -0.25) is 4.98 Å². The molecule has 1 atom stereocenters. The molecule has 21 heavy (non-hydrogen) atoms. The maximum absolute atomic E-state index is 13.4. The normalized spacial score (nSPS) is 12.3. The molecule has 0 aliphatic heterocycles. The van der Waals surface area contributed by atoms with Crippen molar-refractivity contribution in [3.8, 4) is 11.5 Å². The van der Waals surface area contributed by atoms with Gasteiger partial charge in [0.2, 0.25) is 0 Å². The Bertz CT molecular complexity index is 617. The molecule has 4 nitrogen and oxygen atoms in total. The van der Waals surface area contributed by atoms with Crippen LogP contribution < -0.4 is 15.2 Å². The lowest BCUT2D eigenvalue weighted by Crippen LogP contribution is -2.13. The summed E-state index contributed by atoms with van der Waals surface area (Å²) in [6.45, 7) is 3.88. The van der Waals surface area contributed by atoms with E-state index in [9.17, 15) is 4.39 Å². The zero-order chi connectivity index (χ0) is 15.4. The van der Waals surface area contributed by atoms with Gasteiger partial charge in [0.05, 0.1) is 25.5 Å². The number of rotatable bonds is 5. The van der Waals surface area contributed by atoms with Gasteiger partial charge in [-0.2, -0.15) is 0 Å². The summed E-state index contributed by atoms with van der Waals surface area (Å²) < 4.78 is 24.0. The van der Waals surface area contributed by atoms with E-state index in [1.165, 1.54) is 13.2 Å². The van der Waals surface area contributed by atoms with E-state index in [0.717, 1.165) is 11.1 Å². The predicted molar refractivity (Wildman–Crippen MR) is 79.0 cm³/mol. The molecule has 0 bridgehead atoms. The summed E-state index contributed by atoms with van der Waals surface area (Å²) >= 11 is 0. The van der Waals surface area contributed by atoms with Gasteiger partial charge in [0.25, 0.3) is 0 Å². The fourth-order valence-corrected chi connectivity index (χ4v) is 2.00. The van der Waals surface area contributed by atoms with Gasteiger partial charge in [0, 0.05) is 6.20 Å². The van der Waals surface area contributed by atoms with Crippen molar-refractivity contribution < 1.29 is 13.9 Å². The Morgan fingerprint density at radius 1 is 1.14 bits per heavy atom. The SMILES string of the molecule is COc1cc(C(N)c2cncc(OC(C)C)c2)ccc1F. The van der Waals surface area contributed by atoms with Crippen LogP contribution in [-0.4, -0.2) is 18.2 Å². The molecule has 2 N–H and O–H groups in total. The van der Waals surface area contributed by atoms with E-state index in [1.807, 2.05) is 19.9 Å². The van der Waals surface area contributed by atoms with Gasteiger partial charge in [0.15, 0.2) is 11.6 Å². The lowest BCUT2D eigenvalue weighted by molar-refractivity contribution is 0.241. The van der Waals surface area contributed by atoms with E-state index in [0.29, 0.717) is 5.75 Å². The number of halogens is 1. The Labute approximate surface area is 123 Å². The van der Waals surface area contributed by atoms with Crippen molar-refractivity contribution >= 4 is 0 Å². The summed E-state index contributed by atoms with van der Waals surface area (Å²) in [6, 6.07) is 5.99. The molecular formula is C16H19FN2O2. The van der Waals surface area contributed by atoms with Crippen LogP contribution in [0.1, 0.15) is 31.0 Å². The second kappa shape index (κ2) is 6.54. The van der Waals surface area contributed by atoms with Crippen molar-refractivity contribution in [2.75, 3.05) is 7.11 Å². The monoisotopic (exact) mass is 290 g/mol. The fraction of sp³-hybridized carbons (Fsp3) is 0.312. The highest BCUT2D eigenvalue weighted by atomic mass is 19.1. The molecule has 0 amide bonds. The summed E-state index contributed by atoms with van der Waals surface area (Å²) in [5.74, 6) is 0.418. The van der Waals surface area contributed by atoms with Crippen molar-refractivity contribution in [1.82, 2.24) is 4.98 Å². The van der Waals surface area contributed by atoms with E-state index in [2.05, 4.69) is 4.98 Å². The van der Waals surface area contributed by atoms with Gasteiger partial charge in [-0.1, -0.05) is 6.07 Å². The third-order valence-corrected chi connectivity index (χ3v) is 3.00. The van der Waals surface area contributed by atoms with Crippen molar-refractivity contribution in [2.24, 2.45) is 5.73 Å². The molecule has 0 radical (unpaired) electrons. The first-order chi connectivity index (χ1) is 10.0. The molecule has 0 saturated heterocycles. The number of methoxy groups -OCH3 is 1. The number of pyridine rings is 1. The zero-order valence-corrected chi connectivity index (χ0v) is 12.3. The van der Waals surface area contributed by atoms with Crippen molar-refractivity contribution in [3.05, 3.63) is 53.6 Å². The van der Waals surface area contributed by atoms with Crippen LogP contribution in [0.4, 0.5) is 4.39 Å². The average molecular weight is 290 g/mol. The number of nitrogens with zero attached hydrogens (tertiary/aromatic N) is 1. The highest BCUT2D eigenvalue weighted by Gasteiger charge is 2.13. The minimum Gasteiger partial charge on any atom is -0.494 e. The topological polar surface area (TPSA) is 57.4 Å². The van der Waals surface area contributed by atoms with Crippen molar-refractivity contribution in [3.63, 3.8) is 0 Å². The maximum Gasteiger partial charge on any atom is 0.165 e. The average Bonchev–Trinajstić information content (AvgIpc) is 2.46. The first kappa shape index (κ1) is 15.3. The molecule has 5 heteroatoms. The maximum atomic E-state index is 13.4. The number of ether oxygens (including phenoxy) is 2. The number of nitrogens with two attached hydrogens (primary N) is 1. The van der Waals surface area contributed by atoms with Gasteiger partial charge in [-0.05, 0) is 43.2 Å². The van der Waals surface area contributed by atoms with E-state index < -0.39 is 11.9 Å². The van der Waals surface area contributed by atoms with Gasteiger partial charge in [0.1, 0.15) is 5.75 Å². The van der Waals surface area contributed by atoms with Crippen LogP contribution in [0.3, 0.4) is 0 Å². The number of benzene rings is 1. The van der Waals surface area contributed by atoms with Crippen LogP contribution in [0.5, 0.6) is 11.5 Å². The lowest BCUT2D eigenvalue weighted by Gasteiger charge is -2.15. The second-order valence-electron chi connectivity index (χ2n) is 4.99.